The molecule has 1 N–H and O–H groups in total. The highest BCUT2D eigenvalue weighted by Crippen LogP contribution is 2.25. The van der Waals surface area contributed by atoms with Crippen LogP contribution in [-0.2, 0) is 0 Å². The first kappa shape index (κ1) is 11.0. The Balaban J connectivity index is 3.19. The van der Waals surface area contributed by atoms with E-state index in [2.05, 4.69) is 0 Å². The van der Waals surface area contributed by atoms with Gasteiger partial charge in [-0.25, -0.2) is 9.18 Å². The number of carboxylic acids is 1. The Morgan fingerprint density at radius 2 is 2.21 bits per heavy atom. The van der Waals surface area contributed by atoms with Crippen molar-refractivity contribution in [3.8, 4) is 0 Å². The first-order chi connectivity index (χ1) is 6.57. The summed E-state index contributed by atoms with van der Waals surface area (Å²) in [5.74, 6) is -0.742. The van der Waals surface area contributed by atoms with Gasteiger partial charge in [-0.3, -0.25) is 0 Å². The zero-order chi connectivity index (χ0) is 10.7. The quantitative estimate of drug-likeness (QED) is 0.786. The van der Waals surface area contributed by atoms with Crippen molar-refractivity contribution in [1.29, 1.82) is 0 Å². The molecule has 0 aliphatic rings. The predicted molar refractivity (Wildman–Crippen MR) is 54.5 cm³/mol. The van der Waals surface area contributed by atoms with Crippen LogP contribution < -0.4 is 0 Å². The zero-order valence-corrected chi connectivity index (χ0v) is 8.82. The molecule has 1 aromatic rings. The van der Waals surface area contributed by atoms with E-state index in [1.165, 1.54) is 30.8 Å². The van der Waals surface area contributed by atoms with Crippen molar-refractivity contribution in [3.63, 3.8) is 0 Å². The molecule has 0 saturated heterocycles. The maximum atomic E-state index is 13.5. The van der Waals surface area contributed by atoms with Crippen LogP contribution in [0.25, 0.3) is 0 Å². The number of halogens is 1. The third-order valence-electron chi connectivity index (χ3n) is 1.88. The molecular weight excluding hydrogens is 203 g/mol. The molecule has 0 unspecified atom stereocenters. The average Bonchev–Trinajstić information content (AvgIpc) is 2.13. The van der Waals surface area contributed by atoms with Crippen molar-refractivity contribution in [1.82, 2.24) is 0 Å². The summed E-state index contributed by atoms with van der Waals surface area (Å²) in [6.45, 7) is 3.41. The van der Waals surface area contributed by atoms with Gasteiger partial charge in [0.1, 0.15) is 5.82 Å². The normalized spacial score (nSPS) is 10.2. The summed E-state index contributed by atoms with van der Waals surface area (Å²) in [6, 6.07) is 2.96. The summed E-state index contributed by atoms with van der Waals surface area (Å²) in [5.41, 5.74) is 0.235. The van der Waals surface area contributed by atoms with Crippen LogP contribution in [0.2, 0.25) is 0 Å². The Kier molecular flexibility index (Phi) is 3.52. The summed E-state index contributed by atoms with van der Waals surface area (Å²) in [5, 5.41) is 8.74. The monoisotopic (exact) mass is 214 g/mol. The molecular formula is C10H11FO2S. The van der Waals surface area contributed by atoms with E-state index in [1.54, 1.807) is 0 Å². The number of hydrogen-bond acceptors (Lipinski definition) is 2. The Morgan fingerprint density at radius 1 is 1.57 bits per heavy atom. The van der Waals surface area contributed by atoms with Crippen molar-refractivity contribution in [2.45, 2.75) is 18.7 Å². The van der Waals surface area contributed by atoms with Crippen molar-refractivity contribution in [2.24, 2.45) is 0 Å². The predicted octanol–water partition coefficient (Wildman–Crippen LogP) is 2.94. The molecule has 0 aliphatic heterocycles. The lowest BCUT2D eigenvalue weighted by Crippen LogP contribution is -2.02. The molecule has 0 saturated carbocycles. The first-order valence-corrected chi connectivity index (χ1v) is 5.21. The van der Waals surface area contributed by atoms with Gasteiger partial charge in [0, 0.05) is 10.5 Å². The van der Waals surface area contributed by atoms with E-state index in [4.69, 9.17) is 5.11 Å². The Hall–Kier alpha value is -1.03. The standard InChI is InChI=1S/C10H11FO2S/c1-3-14-8-5-4-7(10(12)13)6(2)9(8)11/h4-5H,3H2,1-2H3,(H,12,13). The summed E-state index contributed by atoms with van der Waals surface area (Å²) < 4.78 is 13.5. The smallest absolute Gasteiger partial charge is 0.336 e. The van der Waals surface area contributed by atoms with Crippen LogP contribution in [0.3, 0.4) is 0 Å². The van der Waals surface area contributed by atoms with Crippen LogP contribution in [0.1, 0.15) is 22.8 Å². The summed E-state index contributed by atoms with van der Waals surface area (Å²) >= 11 is 1.37. The number of carboxylic acid groups (broad SMARTS) is 1. The van der Waals surface area contributed by atoms with Crippen LogP contribution in [-0.4, -0.2) is 16.8 Å². The molecule has 0 amide bonds. The van der Waals surface area contributed by atoms with Crippen LogP contribution in [0.15, 0.2) is 17.0 Å². The van der Waals surface area contributed by atoms with E-state index in [1.807, 2.05) is 6.92 Å². The van der Waals surface area contributed by atoms with Gasteiger partial charge in [0.05, 0.1) is 5.56 Å². The second-order valence-electron chi connectivity index (χ2n) is 2.79. The van der Waals surface area contributed by atoms with Gasteiger partial charge in [-0.1, -0.05) is 6.92 Å². The minimum Gasteiger partial charge on any atom is -0.478 e. The fourth-order valence-corrected chi connectivity index (χ4v) is 1.91. The fourth-order valence-electron chi connectivity index (χ4n) is 1.16. The number of thioether (sulfide) groups is 1. The van der Waals surface area contributed by atoms with Gasteiger partial charge >= 0.3 is 5.97 Å². The number of hydrogen-bond donors (Lipinski definition) is 1. The second kappa shape index (κ2) is 4.46. The van der Waals surface area contributed by atoms with E-state index < -0.39 is 11.8 Å². The van der Waals surface area contributed by atoms with Gasteiger partial charge in [-0.05, 0) is 24.8 Å². The third kappa shape index (κ3) is 2.07. The van der Waals surface area contributed by atoms with Crippen molar-refractivity contribution < 1.29 is 14.3 Å². The van der Waals surface area contributed by atoms with Gasteiger partial charge in [0.15, 0.2) is 0 Å². The molecule has 0 radical (unpaired) electrons. The van der Waals surface area contributed by atoms with Gasteiger partial charge in [0.25, 0.3) is 0 Å². The molecule has 4 heteroatoms. The molecule has 2 nitrogen and oxygen atoms in total. The molecule has 1 rings (SSSR count). The van der Waals surface area contributed by atoms with E-state index in [9.17, 15) is 9.18 Å². The topological polar surface area (TPSA) is 37.3 Å². The number of benzene rings is 1. The molecule has 0 heterocycles. The lowest BCUT2D eigenvalue weighted by molar-refractivity contribution is 0.0695. The average molecular weight is 214 g/mol. The molecule has 0 fully saturated rings. The van der Waals surface area contributed by atoms with Crippen LogP contribution in [0.4, 0.5) is 4.39 Å². The molecule has 76 valence electrons. The number of carbonyl (C=O) groups is 1. The molecule has 0 bridgehead atoms. The summed E-state index contributed by atoms with van der Waals surface area (Å²) in [6.07, 6.45) is 0. The summed E-state index contributed by atoms with van der Waals surface area (Å²) in [4.78, 5) is 11.2. The molecule has 0 spiro atoms. The van der Waals surface area contributed by atoms with E-state index in [0.717, 1.165) is 5.75 Å². The van der Waals surface area contributed by atoms with Gasteiger partial charge < -0.3 is 5.11 Å². The summed E-state index contributed by atoms with van der Waals surface area (Å²) in [7, 11) is 0. The van der Waals surface area contributed by atoms with Crippen LogP contribution in [0.5, 0.6) is 0 Å². The van der Waals surface area contributed by atoms with E-state index >= 15 is 0 Å². The van der Waals surface area contributed by atoms with E-state index in [0.29, 0.717) is 4.90 Å². The highest BCUT2D eigenvalue weighted by molar-refractivity contribution is 7.99. The van der Waals surface area contributed by atoms with Crippen molar-refractivity contribution in [2.75, 3.05) is 5.75 Å². The Morgan fingerprint density at radius 3 is 2.71 bits per heavy atom. The van der Waals surface area contributed by atoms with Crippen LogP contribution in [0, 0.1) is 12.7 Å². The maximum Gasteiger partial charge on any atom is 0.336 e. The minimum atomic E-state index is -1.09. The Labute approximate surface area is 86.1 Å². The zero-order valence-electron chi connectivity index (χ0n) is 8.00. The van der Waals surface area contributed by atoms with Crippen molar-refractivity contribution >= 4 is 17.7 Å². The largest absolute Gasteiger partial charge is 0.478 e. The molecule has 14 heavy (non-hydrogen) atoms. The highest BCUT2D eigenvalue weighted by atomic mass is 32.2. The third-order valence-corrected chi connectivity index (χ3v) is 2.80. The number of aromatic carboxylic acids is 1. The molecule has 1 aromatic carbocycles. The van der Waals surface area contributed by atoms with Gasteiger partial charge in [-0.2, -0.15) is 0 Å². The second-order valence-corrected chi connectivity index (χ2v) is 4.09. The number of rotatable bonds is 3. The van der Waals surface area contributed by atoms with Gasteiger partial charge in [-0.15, -0.1) is 11.8 Å². The molecule has 0 aromatic heterocycles. The SMILES string of the molecule is CCSc1ccc(C(=O)O)c(C)c1F. The van der Waals surface area contributed by atoms with Gasteiger partial charge in [0.2, 0.25) is 0 Å². The Bertz CT molecular complexity index is 363. The lowest BCUT2D eigenvalue weighted by atomic mass is 10.1. The van der Waals surface area contributed by atoms with Crippen LogP contribution >= 0.6 is 11.8 Å². The van der Waals surface area contributed by atoms with Crippen molar-refractivity contribution in [3.05, 3.63) is 29.1 Å². The maximum absolute atomic E-state index is 13.5. The first-order valence-electron chi connectivity index (χ1n) is 4.23. The molecule has 0 aliphatic carbocycles. The lowest BCUT2D eigenvalue weighted by Gasteiger charge is -2.06. The molecule has 0 atom stereocenters. The minimum absolute atomic E-state index is 0.0305. The van der Waals surface area contributed by atoms with E-state index in [-0.39, 0.29) is 11.1 Å². The highest BCUT2D eigenvalue weighted by Gasteiger charge is 2.13. The fraction of sp³-hybridized carbons (Fsp3) is 0.300.